The molecule has 1 unspecified atom stereocenters. The molecule has 0 saturated carbocycles. The van der Waals surface area contributed by atoms with Gasteiger partial charge in [-0.2, -0.15) is 13.7 Å². The lowest BCUT2D eigenvalue weighted by Gasteiger charge is -2.10. The zero-order valence-corrected chi connectivity index (χ0v) is 13.0. The van der Waals surface area contributed by atoms with Gasteiger partial charge in [0.05, 0.1) is 4.90 Å². The van der Waals surface area contributed by atoms with E-state index in [1.165, 1.54) is 30.5 Å². The quantitative estimate of drug-likeness (QED) is 0.416. The maximum absolute atomic E-state index is 11.8. The van der Waals surface area contributed by atoms with Crippen LogP contribution in [0.25, 0.3) is 0 Å². The van der Waals surface area contributed by atoms with Crippen molar-refractivity contribution in [2.75, 3.05) is 5.32 Å². The van der Waals surface area contributed by atoms with Crippen LogP contribution in [0, 0.1) is 11.3 Å². The molecule has 7 nitrogen and oxygen atoms in total. The number of carbonyl (C=O) groups excluding carboxylic acids is 1. The summed E-state index contributed by atoms with van der Waals surface area (Å²) in [5.74, 6) is -0.518. The Morgan fingerprint density at radius 1 is 1.50 bits per heavy atom. The summed E-state index contributed by atoms with van der Waals surface area (Å²) in [5.41, 5.74) is 0.178. The molecule has 1 atom stereocenters. The Kier molecular flexibility index (Phi) is 6.10. The molecule has 0 radical (unpaired) electrons. The summed E-state index contributed by atoms with van der Waals surface area (Å²) in [6.45, 7) is 3.72. The second-order valence-corrected chi connectivity index (χ2v) is 6.02. The van der Waals surface area contributed by atoms with Crippen LogP contribution >= 0.6 is 0 Å². The van der Waals surface area contributed by atoms with Gasteiger partial charge in [-0.15, -0.1) is 0 Å². The minimum absolute atomic E-state index is 0.0629. The van der Waals surface area contributed by atoms with Crippen LogP contribution in [0.1, 0.15) is 20.3 Å². The molecule has 118 valence electrons. The van der Waals surface area contributed by atoms with Gasteiger partial charge in [0.25, 0.3) is 16.0 Å². The fourth-order valence-corrected chi connectivity index (χ4v) is 1.98. The van der Waals surface area contributed by atoms with Gasteiger partial charge in [-0.3, -0.25) is 9.35 Å². The smallest absolute Gasteiger partial charge is 0.294 e. The van der Waals surface area contributed by atoms with Crippen LogP contribution < -0.4 is 10.6 Å². The number of hydrogen-bond acceptors (Lipinski definition) is 5. The van der Waals surface area contributed by atoms with E-state index in [0.717, 1.165) is 6.42 Å². The molecule has 22 heavy (non-hydrogen) atoms. The number of nitrogens with one attached hydrogen (secondary N) is 2. The maximum Gasteiger partial charge on any atom is 0.294 e. The monoisotopic (exact) mass is 323 g/mol. The van der Waals surface area contributed by atoms with E-state index >= 15 is 0 Å². The predicted molar refractivity (Wildman–Crippen MR) is 81.5 cm³/mol. The topological polar surface area (TPSA) is 119 Å². The number of rotatable bonds is 6. The van der Waals surface area contributed by atoms with Gasteiger partial charge in [0.1, 0.15) is 11.6 Å². The van der Waals surface area contributed by atoms with Crippen molar-refractivity contribution in [1.82, 2.24) is 5.32 Å². The van der Waals surface area contributed by atoms with Crippen LogP contribution in [-0.2, 0) is 14.9 Å². The van der Waals surface area contributed by atoms with Gasteiger partial charge in [-0.1, -0.05) is 13.0 Å². The average molecular weight is 323 g/mol. The first-order chi connectivity index (χ1) is 10.3. The molecule has 1 aromatic rings. The SMILES string of the molecule is CCC(C)NC(=O)/C(C#N)=C\Nc1cccc(S(=O)(=O)O)c1. The Bertz CT molecular complexity index is 720. The second-order valence-electron chi connectivity index (χ2n) is 4.60. The summed E-state index contributed by atoms with van der Waals surface area (Å²) < 4.78 is 31.0. The first-order valence-electron chi connectivity index (χ1n) is 6.53. The number of hydrogen-bond donors (Lipinski definition) is 3. The van der Waals surface area contributed by atoms with Crippen LogP contribution in [0.5, 0.6) is 0 Å². The zero-order chi connectivity index (χ0) is 16.8. The molecule has 0 saturated heterocycles. The summed E-state index contributed by atoms with van der Waals surface area (Å²) in [6.07, 6.45) is 1.91. The molecule has 0 aliphatic carbocycles. The van der Waals surface area contributed by atoms with Crippen molar-refractivity contribution in [2.24, 2.45) is 0 Å². The third-order valence-corrected chi connectivity index (χ3v) is 3.72. The Hall–Kier alpha value is -2.37. The van der Waals surface area contributed by atoms with E-state index in [2.05, 4.69) is 10.6 Å². The molecule has 0 fully saturated rings. The molecule has 0 spiro atoms. The van der Waals surface area contributed by atoms with Crippen molar-refractivity contribution >= 4 is 21.7 Å². The predicted octanol–water partition coefficient (Wildman–Crippen LogP) is 1.67. The fourth-order valence-electron chi connectivity index (χ4n) is 1.45. The molecular weight excluding hydrogens is 306 g/mol. The molecule has 0 aliphatic heterocycles. The Balaban J connectivity index is 2.90. The molecule has 0 aliphatic rings. The summed E-state index contributed by atoms with van der Waals surface area (Å²) in [7, 11) is -4.31. The largest absolute Gasteiger partial charge is 0.360 e. The summed E-state index contributed by atoms with van der Waals surface area (Å²) in [4.78, 5) is 11.5. The van der Waals surface area contributed by atoms with E-state index in [1.807, 2.05) is 13.8 Å². The molecule has 8 heteroatoms. The minimum Gasteiger partial charge on any atom is -0.360 e. The second kappa shape index (κ2) is 7.59. The normalized spacial score (nSPS) is 13.1. The molecule has 3 N–H and O–H groups in total. The minimum atomic E-state index is -4.31. The van der Waals surface area contributed by atoms with Gasteiger partial charge in [0.15, 0.2) is 0 Å². The first kappa shape index (κ1) is 17.7. The summed E-state index contributed by atoms with van der Waals surface area (Å²) in [6, 6.07) is 7.07. The Labute approximate surface area is 129 Å². The maximum atomic E-state index is 11.8. The van der Waals surface area contributed by atoms with Crippen LogP contribution in [-0.4, -0.2) is 24.9 Å². The highest BCUT2D eigenvalue weighted by Crippen LogP contribution is 2.15. The first-order valence-corrected chi connectivity index (χ1v) is 7.97. The number of anilines is 1. The van der Waals surface area contributed by atoms with E-state index in [0.29, 0.717) is 5.69 Å². The molecule has 0 bridgehead atoms. The van der Waals surface area contributed by atoms with Crippen LogP contribution in [0.2, 0.25) is 0 Å². The van der Waals surface area contributed by atoms with E-state index in [4.69, 9.17) is 9.81 Å². The van der Waals surface area contributed by atoms with Gasteiger partial charge in [0.2, 0.25) is 0 Å². The number of nitriles is 1. The highest BCUT2D eigenvalue weighted by Gasteiger charge is 2.12. The van der Waals surface area contributed by atoms with Crippen molar-refractivity contribution in [1.29, 1.82) is 5.26 Å². The molecule has 0 aromatic heterocycles. The Morgan fingerprint density at radius 2 is 2.18 bits per heavy atom. The molecule has 1 amide bonds. The number of carbonyl (C=O) groups is 1. The number of nitrogens with zero attached hydrogens (tertiary/aromatic N) is 1. The van der Waals surface area contributed by atoms with Crippen molar-refractivity contribution in [3.8, 4) is 6.07 Å². The van der Waals surface area contributed by atoms with Crippen molar-refractivity contribution in [2.45, 2.75) is 31.2 Å². The van der Waals surface area contributed by atoms with Gasteiger partial charge < -0.3 is 10.6 Å². The van der Waals surface area contributed by atoms with Crippen LogP contribution in [0.15, 0.2) is 40.9 Å². The third-order valence-electron chi connectivity index (χ3n) is 2.87. The van der Waals surface area contributed by atoms with E-state index in [1.54, 1.807) is 6.07 Å². The van der Waals surface area contributed by atoms with Gasteiger partial charge in [-0.05, 0) is 31.5 Å². The average Bonchev–Trinajstić information content (AvgIpc) is 2.47. The summed E-state index contributed by atoms with van der Waals surface area (Å²) in [5, 5.41) is 14.3. The highest BCUT2D eigenvalue weighted by molar-refractivity contribution is 7.85. The lowest BCUT2D eigenvalue weighted by atomic mass is 10.2. The van der Waals surface area contributed by atoms with Crippen LogP contribution in [0.4, 0.5) is 5.69 Å². The van der Waals surface area contributed by atoms with Gasteiger partial charge in [-0.25, -0.2) is 0 Å². The molecule has 1 rings (SSSR count). The number of amides is 1. The zero-order valence-electron chi connectivity index (χ0n) is 12.2. The summed E-state index contributed by atoms with van der Waals surface area (Å²) >= 11 is 0. The molecule has 1 aromatic carbocycles. The highest BCUT2D eigenvalue weighted by atomic mass is 32.2. The number of benzene rings is 1. The lowest BCUT2D eigenvalue weighted by Crippen LogP contribution is -2.33. The fraction of sp³-hybridized carbons (Fsp3) is 0.286. The standard InChI is InChI=1S/C14H17N3O4S/c1-3-10(2)17-14(18)11(8-15)9-16-12-5-4-6-13(7-12)22(19,20)21/h4-7,9-10,16H,3H2,1-2H3,(H,17,18)(H,19,20,21)/b11-9-. The Morgan fingerprint density at radius 3 is 2.73 bits per heavy atom. The van der Waals surface area contributed by atoms with Gasteiger partial charge in [0, 0.05) is 17.9 Å². The van der Waals surface area contributed by atoms with Crippen molar-refractivity contribution < 1.29 is 17.8 Å². The van der Waals surface area contributed by atoms with Crippen molar-refractivity contribution in [3.63, 3.8) is 0 Å². The van der Waals surface area contributed by atoms with Crippen molar-refractivity contribution in [3.05, 3.63) is 36.0 Å². The lowest BCUT2D eigenvalue weighted by molar-refractivity contribution is -0.117. The van der Waals surface area contributed by atoms with Gasteiger partial charge >= 0.3 is 0 Å². The third kappa shape index (κ3) is 5.20. The molecule has 0 heterocycles. The molecular formula is C14H17N3O4S. The van der Waals surface area contributed by atoms with Crippen LogP contribution in [0.3, 0.4) is 0 Å². The van der Waals surface area contributed by atoms with E-state index < -0.39 is 16.0 Å². The van der Waals surface area contributed by atoms with E-state index in [9.17, 15) is 13.2 Å². The van der Waals surface area contributed by atoms with E-state index in [-0.39, 0.29) is 16.5 Å².